The van der Waals surface area contributed by atoms with E-state index in [-0.39, 0.29) is 5.91 Å². The monoisotopic (exact) mass is 318 g/mol. The fourth-order valence-corrected chi connectivity index (χ4v) is 2.35. The summed E-state index contributed by atoms with van der Waals surface area (Å²) in [6, 6.07) is 0. The van der Waals surface area contributed by atoms with Gasteiger partial charge in [-0.2, -0.15) is 0 Å². The predicted molar refractivity (Wildman–Crippen MR) is 73.3 cm³/mol. The van der Waals surface area contributed by atoms with E-state index < -0.39 is 0 Å². The fraction of sp³-hybridized carbons (Fsp3) is 0.500. The standard InChI is InChI=1S/C10H15BrN4OS/c1-4-12-10-13-5-7(11)9(14-10)17-6-8(16)15(2)3/h5H,4,6H2,1-3H3,(H,12,13,14). The molecule has 5 nitrogen and oxygen atoms in total. The first kappa shape index (κ1) is 14.2. The first-order valence-corrected chi connectivity index (χ1v) is 6.91. The molecule has 0 saturated carbocycles. The van der Waals surface area contributed by atoms with Crippen LogP contribution in [0.15, 0.2) is 15.7 Å². The molecule has 1 N–H and O–H groups in total. The van der Waals surface area contributed by atoms with Crippen LogP contribution in [0, 0.1) is 0 Å². The van der Waals surface area contributed by atoms with Crippen LogP contribution < -0.4 is 5.32 Å². The van der Waals surface area contributed by atoms with Gasteiger partial charge in [0, 0.05) is 26.8 Å². The lowest BCUT2D eigenvalue weighted by Crippen LogP contribution is -2.23. The maximum atomic E-state index is 11.5. The van der Waals surface area contributed by atoms with Gasteiger partial charge in [0.25, 0.3) is 0 Å². The number of aromatic nitrogens is 2. The Bertz CT molecular complexity index is 400. The first-order chi connectivity index (χ1) is 8.04. The molecule has 1 amide bonds. The Labute approximate surface area is 114 Å². The van der Waals surface area contributed by atoms with Crippen molar-refractivity contribution in [1.29, 1.82) is 0 Å². The number of hydrogen-bond donors (Lipinski definition) is 1. The molecule has 0 saturated heterocycles. The van der Waals surface area contributed by atoms with Crippen LogP contribution in [0.25, 0.3) is 0 Å². The largest absolute Gasteiger partial charge is 0.354 e. The molecule has 1 aromatic rings. The van der Waals surface area contributed by atoms with Gasteiger partial charge in [-0.3, -0.25) is 4.79 Å². The van der Waals surface area contributed by atoms with Crippen molar-refractivity contribution >= 4 is 39.5 Å². The van der Waals surface area contributed by atoms with Gasteiger partial charge in [0.15, 0.2) is 0 Å². The van der Waals surface area contributed by atoms with Gasteiger partial charge < -0.3 is 10.2 Å². The molecule has 7 heteroatoms. The molecule has 0 aromatic carbocycles. The number of carbonyl (C=O) groups excluding carboxylic acids is 1. The fourth-order valence-electron chi connectivity index (χ4n) is 0.955. The van der Waals surface area contributed by atoms with Crippen molar-refractivity contribution in [3.8, 4) is 0 Å². The molecule has 0 spiro atoms. The van der Waals surface area contributed by atoms with E-state index in [4.69, 9.17) is 0 Å². The lowest BCUT2D eigenvalue weighted by molar-refractivity contribution is -0.125. The van der Waals surface area contributed by atoms with Crippen LogP contribution >= 0.6 is 27.7 Å². The molecule has 17 heavy (non-hydrogen) atoms. The Morgan fingerprint density at radius 2 is 2.29 bits per heavy atom. The molecule has 1 aromatic heterocycles. The van der Waals surface area contributed by atoms with Crippen LogP contribution in [-0.2, 0) is 4.79 Å². The van der Waals surface area contributed by atoms with Gasteiger partial charge in [-0.15, -0.1) is 0 Å². The lowest BCUT2D eigenvalue weighted by atomic mass is 10.6. The Balaban J connectivity index is 2.69. The lowest BCUT2D eigenvalue weighted by Gasteiger charge is -2.10. The van der Waals surface area contributed by atoms with Gasteiger partial charge in [0.2, 0.25) is 11.9 Å². The van der Waals surface area contributed by atoms with E-state index in [9.17, 15) is 4.79 Å². The van der Waals surface area contributed by atoms with Gasteiger partial charge >= 0.3 is 0 Å². The van der Waals surface area contributed by atoms with E-state index >= 15 is 0 Å². The molecule has 0 aliphatic carbocycles. The average Bonchev–Trinajstić information content (AvgIpc) is 2.29. The van der Waals surface area contributed by atoms with Gasteiger partial charge in [-0.05, 0) is 22.9 Å². The molecule has 0 bridgehead atoms. The highest BCUT2D eigenvalue weighted by Gasteiger charge is 2.09. The van der Waals surface area contributed by atoms with Crippen LogP contribution in [0.1, 0.15) is 6.92 Å². The number of amides is 1. The van der Waals surface area contributed by atoms with Crippen molar-refractivity contribution in [2.45, 2.75) is 11.9 Å². The minimum atomic E-state index is 0.0607. The van der Waals surface area contributed by atoms with E-state index in [1.165, 1.54) is 11.8 Å². The topological polar surface area (TPSA) is 58.1 Å². The van der Waals surface area contributed by atoms with Crippen molar-refractivity contribution in [2.75, 3.05) is 31.7 Å². The van der Waals surface area contributed by atoms with E-state index in [2.05, 4.69) is 31.2 Å². The van der Waals surface area contributed by atoms with Crippen LogP contribution in [0.4, 0.5) is 5.95 Å². The summed E-state index contributed by atoms with van der Waals surface area (Å²) < 4.78 is 0.802. The van der Waals surface area contributed by atoms with Crippen LogP contribution in [0.2, 0.25) is 0 Å². The van der Waals surface area contributed by atoms with Gasteiger partial charge in [0.05, 0.1) is 10.2 Å². The summed E-state index contributed by atoms with van der Waals surface area (Å²) in [7, 11) is 3.48. The first-order valence-electron chi connectivity index (χ1n) is 5.14. The highest BCUT2D eigenvalue weighted by atomic mass is 79.9. The molecule has 0 unspecified atom stereocenters. The minimum absolute atomic E-state index is 0.0607. The van der Waals surface area contributed by atoms with E-state index in [0.717, 1.165) is 16.0 Å². The summed E-state index contributed by atoms with van der Waals surface area (Å²) in [6.45, 7) is 2.75. The summed E-state index contributed by atoms with van der Waals surface area (Å²) >= 11 is 4.76. The second-order valence-electron chi connectivity index (χ2n) is 3.45. The second-order valence-corrected chi connectivity index (χ2v) is 5.27. The molecule has 0 aliphatic heterocycles. The number of hydrogen-bond acceptors (Lipinski definition) is 5. The highest BCUT2D eigenvalue weighted by Crippen LogP contribution is 2.25. The zero-order chi connectivity index (χ0) is 12.8. The predicted octanol–water partition coefficient (Wildman–Crippen LogP) is 1.85. The number of anilines is 1. The third kappa shape index (κ3) is 4.51. The average molecular weight is 319 g/mol. The Morgan fingerprint density at radius 3 is 2.88 bits per heavy atom. The summed E-state index contributed by atoms with van der Waals surface area (Å²) in [5.74, 6) is 1.01. The third-order valence-corrected chi connectivity index (χ3v) is 3.70. The molecule has 0 atom stereocenters. The zero-order valence-corrected chi connectivity index (χ0v) is 12.4. The molecule has 0 radical (unpaired) electrons. The summed E-state index contributed by atoms with van der Waals surface area (Å²) in [5.41, 5.74) is 0. The summed E-state index contributed by atoms with van der Waals surface area (Å²) in [6.07, 6.45) is 1.69. The quantitative estimate of drug-likeness (QED) is 0.663. The van der Waals surface area contributed by atoms with Crippen LogP contribution in [0.3, 0.4) is 0 Å². The number of carbonyl (C=O) groups is 1. The maximum Gasteiger partial charge on any atom is 0.232 e. The maximum absolute atomic E-state index is 11.5. The molecule has 94 valence electrons. The van der Waals surface area contributed by atoms with E-state index in [1.54, 1.807) is 25.2 Å². The molecule has 1 heterocycles. The van der Waals surface area contributed by atoms with E-state index in [0.29, 0.717) is 11.7 Å². The molecule has 0 fully saturated rings. The van der Waals surface area contributed by atoms with Gasteiger partial charge in [-0.1, -0.05) is 11.8 Å². The third-order valence-electron chi connectivity index (χ3n) is 1.88. The van der Waals surface area contributed by atoms with Gasteiger partial charge in [-0.25, -0.2) is 9.97 Å². The molecule has 0 aliphatic rings. The zero-order valence-electron chi connectivity index (χ0n) is 10.0. The van der Waals surface area contributed by atoms with Crippen molar-refractivity contribution in [3.63, 3.8) is 0 Å². The van der Waals surface area contributed by atoms with Crippen LogP contribution in [-0.4, -0.2) is 47.2 Å². The number of halogens is 1. The Kier molecular flexibility index (Phi) is 5.70. The van der Waals surface area contributed by atoms with Crippen molar-refractivity contribution in [3.05, 3.63) is 10.7 Å². The SMILES string of the molecule is CCNc1ncc(Br)c(SCC(=O)N(C)C)n1. The number of rotatable bonds is 5. The van der Waals surface area contributed by atoms with Gasteiger partial charge in [0.1, 0.15) is 5.03 Å². The molecular weight excluding hydrogens is 304 g/mol. The van der Waals surface area contributed by atoms with E-state index in [1.807, 2.05) is 6.92 Å². The summed E-state index contributed by atoms with van der Waals surface area (Å²) in [4.78, 5) is 21.5. The van der Waals surface area contributed by atoms with Crippen molar-refractivity contribution < 1.29 is 4.79 Å². The van der Waals surface area contributed by atoms with Crippen molar-refractivity contribution in [2.24, 2.45) is 0 Å². The normalized spacial score (nSPS) is 10.1. The molecular formula is C10H15BrN4OS. The van der Waals surface area contributed by atoms with Crippen LogP contribution in [0.5, 0.6) is 0 Å². The van der Waals surface area contributed by atoms with Crippen molar-refractivity contribution in [1.82, 2.24) is 14.9 Å². The Morgan fingerprint density at radius 1 is 1.59 bits per heavy atom. The smallest absolute Gasteiger partial charge is 0.232 e. The minimum Gasteiger partial charge on any atom is -0.354 e. The second kappa shape index (κ2) is 6.80. The Hall–Kier alpha value is -0.820. The number of nitrogens with one attached hydrogen (secondary N) is 1. The summed E-state index contributed by atoms with van der Waals surface area (Å²) in [5, 5.41) is 3.80. The molecule has 1 rings (SSSR count). The number of thioether (sulfide) groups is 1. The number of nitrogens with zero attached hydrogens (tertiary/aromatic N) is 3. The highest BCUT2D eigenvalue weighted by molar-refractivity contribution is 9.10.